The molecule has 1 aliphatic rings. The van der Waals surface area contributed by atoms with Crippen LogP contribution >= 0.6 is 11.6 Å². The predicted molar refractivity (Wildman–Crippen MR) is 113 cm³/mol. The Bertz CT molecular complexity index is 989. The van der Waals surface area contributed by atoms with Crippen molar-refractivity contribution in [1.29, 1.82) is 0 Å². The number of hydrogen-bond donors (Lipinski definition) is 1. The van der Waals surface area contributed by atoms with Crippen molar-refractivity contribution in [2.75, 3.05) is 45.2 Å². The fourth-order valence-electron chi connectivity index (χ4n) is 3.20. The number of hydrogen-bond acceptors (Lipinski definition) is 5. The van der Waals surface area contributed by atoms with Gasteiger partial charge < -0.3 is 15.0 Å². The van der Waals surface area contributed by atoms with Crippen molar-refractivity contribution in [3.05, 3.63) is 53.1 Å². The van der Waals surface area contributed by atoms with E-state index in [1.54, 1.807) is 24.3 Å². The Morgan fingerprint density at radius 3 is 2.48 bits per heavy atom. The molecule has 0 saturated carbocycles. The average Bonchev–Trinajstić information content (AvgIpc) is 2.73. The molecule has 0 atom stereocenters. The normalized spacial score (nSPS) is 15.8. The van der Waals surface area contributed by atoms with Crippen LogP contribution in [0.4, 0.5) is 5.69 Å². The molecule has 0 unspecified atom stereocenters. The molecule has 1 amide bonds. The van der Waals surface area contributed by atoms with Crippen LogP contribution in [0.2, 0.25) is 5.02 Å². The van der Waals surface area contributed by atoms with Gasteiger partial charge in [0.15, 0.2) is 0 Å². The summed E-state index contributed by atoms with van der Waals surface area (Å²) in [6.45, 7) is 5.23. The lowest BCUT2D eigenvalue weighted by Crippen LogP contribution is -2.48. The molecule has 9 heteroatoms. The SMILES string of the molecule is CCN1CCN(S(=O)(=O)c2ccc(OC)c(NC(=O)c3cccc(Cl)c3)c2)CC1. The highest BCUT2D eigenvalue weighted by Crippen LogP contribution is 2.30. The third kappa shape index (κ3) is 4.90. The molecule has 0 spiro atoms. The highest BCUT2D eigenvalue weighted by molar-refractivity contribution is 7.89. The van der Waals surface area contributed by atoms with E-state index in [4.69, 9.17) is 16.3 Å². The lowest BCUT2D eigenvalue weighted by molar-refractivity contribution is 0.102. The van der Waals surface area contributed by atoms with Crippen LogP contribution in [0.3, 0.4) is 0 Å². The minimum absolute atomic E-state index is 0.115. The Morgan fingerprint density at radius 1 is 1.14 bits per heavy atom. The summed E-state index contributed by atoms with van der Waals surface area (Å²) in [5.41, 5.74) is 0.647. The largest absolute Gasteiger partial charge is 0.495 e. The summed E-state index contributed by atoms with van der Waals surface area (Å²) < 4.78 is 32.9. The number of ether oxygens (including phenoxy) is 1. The Hall–Kier alpha value is -2.13. The molecule has 1 aliphatic heterocycles. The minimum atomic E-state index is -3.67. The number of halogens is 1. The fraction of sp³-hybridized carbons (Fsp3) is 0.350. The van der Waals surface area contributed by atoms with E-state index in [0.717, 1.165) is 6.54 Å². The molecular formula is C20H24ClN3O4S. The van der Waals surface area contributed by atoms with E-state index in [9.17, 15) is 13.2 Å². The standard InChI is InChI=1S/C20H24ClN3O4S/c1-3-23-9-11-24(12-10-23)29(26,27)17-7-8-19(28-2)18(14-17)22-20(25)15-5-4-6-16(21)13-15/h4-8,13-14H,3,9-12H2,1-2H3,(H,22,25). The van der Waals surface area contributed by atoms with Crippen LogP contribution in [-0.2, 0) is 10.0 Å². The molecule has 1 saturated heterocycles. The van der Waals surface area contributed by atoms with Gasteiger partial charge in [0, 0.05) is 36.8 Å². The first-order chi connectivity index (χ1) is 13.8. The third-order valence-corrected chi connectivity index (χ3v) is 7.05. The van der Waals surface area contributed by atoms with Gasteiger partial charge in [-0.2, -0.15) is 4.31 Å². The molecule has 0 radical (unpaired) electrons. The Kier molecular flexibility index (Phi) is 6.79. The van der Waals surface area contributed by atoms with E-state index in [0.29, 0.717) is 42.5 Å². The zero-order valence-electron chi connectivity index (χ0n) is 16.4. The van der Waals surface area contributed by atoms with Crippen molar-refractivity contribution < 1.29 is 17.9 Å². The Labute approximate surface area is 176 Å². The second kappa shape index (κ2) is 9.13. The Balaban J connectivity index is 1.86. The first kappa shape index (κ1) is 21.6. The van der Waals surface area contributed by atoms with Crippen LogP contribution < -0.4 is 10.1 Å². The first-order valence-corrected chi connectivity index (χ1v) is 11.1. The van der Waals surface area contributed by atoms with E-state index in [1.807, 2.05) is 0 Å². The van der Waals surface area contributed by atoms with E-state index in [-0.39, 0.29) is 10.6 Å². The molecule has 2 aromatic carbocycles. The monoisotopic (exact) mass is 437 g/mol. The van der Waals surface area contributed by atoms with E-state index < -0.39 is 15.9 Å². The predicted octanol–water partition coefficient (Wildman–Crippen LogP) is 2.93. The van der Waals surface area contributed by atoms with Crippen LogP contribution in [-0.4, -0.2) is 63.4 Å². The average molecular weight is 438 g/mol. The van der Waals surface area contributed by atoms with Crippen LogP contribution in [0.1, 0.15) is 17.3 Å². The molecule has 1 N–H and O–H groups in total. The van der Waals surface area contributed by atoms with Gasteiger partial charge in [-0.1, -0.05) is 24.6 Å². The molecule has 0 aromatic heterocycles. The second-order valence-electron chi connectivity index (χ2n) is 6.66. The van der Waals surface area contributed by atoms with Gasteiger partial charge >= 0.3 is 0 Å². The van der Waals surface area contributed by atoms with Gasteiger partial charge in [-0.05, 0) is 42.9 Å². The van der Waals surface area contributed by atoms with Gasteiger partial charge in [0.25, 0.3) is 5.91 Å². The maximum atomic E-state index is 13.1. The van der Waals surface area contributed by atoms with Crippen LogP contribution in [0, 0.1) is 0 Å². The molecule has 0 aliphatic carbocycles. The number of sulfonamides is 1. The molecule has 7 nitrogen and oxygen atoms in total. The van der Waals surface area contributed by atoms with Crippen LogP contribution in [0.15, 0.2) is 47.4 Å². The number of methoxy groups -OCH3 is 1. The van der Waals surface area contributed by atoms with Crippen LogP contribution in [0.25, 0.3) is 0 Å². The summed E-state index contributed by atoms with van der Waals surface area (Å²) in [5, 5.41) is 3.16. The third-order valence-electron chi connectivity index (χ3n) is 4.92. The lowest BCUT2D eigenvalue weighted by atomic mass is 10.2. The van der Waals surface area contributed by atoms with E-state index in [1.165, 1.54) is 29.6 Å². The van der Waals surface area contributed by atoms with Crippen molar-refractivity contribution in [3.63, 3.8) is 0 Å². The number of carbonyl (C=O) groups is 1. The highest BCUT2D eigenvalue weighted by atomic mass is 35.5. The van der Waals surface area contributed by atoms with Crippen molar-refractivity contribution in [3.8, 4) is 5.75 Å². The molecule has 1 fully saturated rings. The number of benzene rings is 2. The number of anilines is 1. The summed E-state index contributed by atoms with van der Waals surface area (Å²) in [6, 6.07) is 11.0. The molecular weight excluding hydrogens is 414 g/mol. The van der Waals surface area contributed by atoms with Gasteiger partial charge in [0.2, 0.25) is 10.0 Å². The highest BCUT2D eigenvalue weighted by Gasteiger charge is 2.29. The quantitative estimate of drug-likeness (QED) is 0.751. The number of likely N-dealkylation sites (N-methyl/N-ethyl adjacent to an activating group) is 1. The number of nitrogens with zero attached hydrogens (tertiary/aromatic N) is 2. The maximum Gasteiger partial charge on any atom is 0.255 e. The van der Waals surface area contributed by atoms with Gasteiger partial charge in [0.05, 0.1) is 17.7 Å². The van der Waals surface area contributed by atoms with E-state index in [2.05, 4.69) is 17.1 Å². The topological polar surface area (TPSA) is 79.0 Å². The number of amides is 1. The second-order valence-corrected chi connectivity index (χ2v) is 9.04. The fourth-order valence-corrected chi connectivity index (χ4v) is 4.84. The van der Waals surface area contributed by atoms with Crippen molar-refractivity contribution >= 4 is 33.2 Å². The number of piperazine rings is 1. The smallest absolute Gasteiger partial charge is 0.255 e. The molecule has 2 aromatic rings. The zero-order valence-corrected chi connectivity index (χ0v) is 18.0. The molecule has 0 bridgehead atoms. The number of rotatable bonds is 6. The molecule has 29 heavy (non-hydrogen) atoms. The summed E-state index contributed by atoms with van der Waals surface area (Å²) >= 11 is 5.95. The van der Waals surface area contributed by atoms with E-state index >= 15 is 0 Å². The first-order valence-electron chi connectivity index (χ1n) is 9.32. The molecule has 1 heterocycles. The summed E-state index contributed by atoms with van der Waals surface area (Å²) in [7, 11) is -2.21. The van der Waals surface area contributed by atoms with Gasteiger partial charge in [-0.25, -0.2) is 8.42 Å². The molecule has 156 valence electrons. The zero-order chi connectivity index (χ0) is 21.0. The van der Waals surface area contributed by atoms with Crippen molar-refractivity contribution in [2.45, 2.75) is 11.8 Å². The number of carbonyl (C=O) groups excluding carboxylic acids is 1. The van der Waals surface area contributed by atoms with Gasteiger partial charge in [-0.3, -0.25) is 4.79 Å². The van der Waals surface area contributed by atoms with Gasteiger partial charge in [0.1, 0.15) is 5.75 Å². The summed E-state index contributed by atoms with van der Waals surface area (Å²) in [5.74, 6) is -0.0351. The lowest BCUT2D eigenvalue weighted by Gasteiger charge is -2.33. The van der Waals surface area contributed by atoms with Crippen molar-refractivity contribution in [1.82, 2.24) is 9.21 Å². The Morgan fingerprint density at radius 2 is 1.86 bits per heavy atom. The molecule has 3 rings (SSSR count). The van der Waals surface area contributed by atoms with Crippen LogP contribution in [0.5, 0.6) is 5.75 Å². The van der Waals surface area contributed by atoms with Crippen molar-refractivity contribution in [2.24, 2.45) is 0 Å². The summed E-state index contributed by atoms with van der Waals surface area (Å²) in [4.78, 5) is 14.9. The maximum absolute atomic E-state index is 13.1. The number of nitrogens with one attached hydrogen (secondary N) is 1. The minimum Gasteiger partial charge on any atom is -0.495 e. The van der Waals surface area contributed by atoms with Gasteiger partial charge in [-0.15, -0.1) is 0 Å². The summed E-state index contributed by atoms with van der Waals surface area (Å²) in [6.07, 6.45) is 0.